The van der Waals surface area contributed by atoms with Gasteiger partial charge in [-0.15, -0.1) is 0 Å². The second-order valence-corrected chi connectivity index (χ2v) is 4.13. The van der Waals surface area contributed by atoms with Gasteiger partial charge in [-0.05, 0) is 12.1 Å². The number of hydrogen-bond acceptors (Lipinski definition) is 4. The zero-order valence-corrected chi connectivity index (χ0v) is 10.8. The molecule has 1 atom stereocenters. The van der Waals surface area contributed by atoms with Crippen LogP contribution in [0.25, 0.3) is 0 Å². The Bertz CT molecular complexity index is 591. The summed E-state index contributed by atoms with van der Waals surface area (Å²) in [7, 11) is 0. The molecule has 2 aromatic rings. The van der Waals surface area contributed by atoms with E-state index in [4.69, 9.17) is 10.00 Å². The van der Waals surface area contributed by atoms with E-state index in [9.17, 15) is 4.79 Å². The first-order chi connectivity index (χ1) is 9.79. The molecule has 1 N–H and O–H groups in total. The highest BCUT2D eigenvalue weighted by Crippen LogP contribution is 2.16. The van der Waals surface area contributed by atoms with Gasteiger partial charge in [0.2, 0.25) is 6.10 Å². The SMILES string of the molecule is N#CC(OC(=O)CNc1ccccc1)c1ccccc1. The van der Waals surface area contributed by atoms with Crippen molar-refractivity contribution in [2.75, 3.05) is 11.9 Å². The van der Waals surface area contributed by atoms with Crippen LogP contribution >= 0.6 is 0 Å². The number of nitriles is 1. The molecule has 20 heavy (non-hydrogen) atoms. The maximum Gasteiger partial charge on any atom is 0.326 e. The minimum atomic E-state index is -0.874. The zero-order valence-electron chi connectivity index (χ0n) is 10.8. The molecule has 0 aromatic heterocycles. The fourth-order valence-corrected chi connectivity index (χ4v) is 1.70. The third-order valence-corrected chi connectivity index (χ3v) is 2.68. The van der Waals surface area contributed by atoms with Crippen LogP contribution in [0.1, 0.15) is 11.7 Å². The Hall–Kier alpha value is -2.80. The predicted octanol–water partition coefficient (Wildman–Crippen LogP) is 2.91. The largest absolute Gasteiger partial charge is 0.441 e. The number of ether oxygens (including phenoxy) is 1. The van der Waals surface area contributed by atoms with Crippen LogP contribution in [0.5, 0.6) is 0 Å². The van der Waals surface area contributed by atoms with Crippen molar-refractivity contribution in [3.8, 4) is 6.07 Å². The lowest BCUT2D eigenvalue weighted by Gasteiger charge is -2.12. The predicted molar refractivity (Wildman–Crippen MR) is 75.8 cm³/mol. The number of anilines is 1. The number of para-hydroxylation sites is 1. The highest BCUT2D eigenvalue weighted by Gasteiger charge is 2.15. The number of hydrogen-bond donors (Lipinski definition) is 1. The third-order valence-electron chi connectivity index (χ3n) is 2.68. The number of benzene rings is 2. The summed E-state index contributed by atoms with van der Waals surface area (Å²) in [6.07, 6.45) is -0.874. The molecule has 0 bridgehead atoms. The van der Waals surface area contributed by atoms with Gasteiger partial charge in [-0.25, -0.2) is 0 Å². The van der Waals surface area contributed by atoms with Crippen LogP contribution in [0, 0.1) is 11.3 Å². The van der Waals surface area contributed by atoms with Crippen LogP contribution in [0.3, 0.4) is 0 Å². The van der Waals surface area contributed by atoms with Crippen LogP contribution in [-0.2, 0) is 9.53 Å². The summed E-state index contributed by atoms with van der Waals surface area (Å²) in [6, 6.07) is 20.3. The van der Waals surface area contributed by atoms with Crippen LogP contribution in [0.15, 0.2) is 60.7 Å². The number of esters is 1. The summed E-state index contributed by atoms with van der Waals surface area (Å²) in [6.45, 7) is 0.0228. The minimum Gasteiger partial charge on any atom is -0.441 e. The van der Waals surface area contributed by atoms with Crippen LogP contribution in [-0.4, -0.2) is 12.5 Å². The van der Waals surface area contributed by atoms with E-state index >= 15 is 0 Å². The topological polar surface area (TPSA) is 62.1 Å². The van der Waals surface area contributed by atoms with E-state index in [0.29, 0.717) is 5.56 Å². The molecule has 1 unspecified atom stereocenters. The fourth-order valence-electron chi connectivity index (χ4n) is 1.70. The van der Waals surface area contributed by atoms with Gasteiger partial charge in [-0.1, -0.05) is 48.5 Å². The van der Waals surface area contributed by atoms with Crippen LogP contribution < -0.4 is 5.32 Å². The van der Waals surface area contributed by atoms with Crippen molar-refractivity contribution in [2.24, 2.45) is 0 Å². The van der Waals surface area contributed by atoms with E-state index in [0.717, 1.165) is 5.69 Å². The van der Waals surface area contributed by atoms with Crippen molar-refractivity contribution in [3.05, 3.63) is 66.2 Å². The third kappa shape index (κ3) is 3.85. The first kappa shape index (κ1) is 13.6. The molecule has 0 saturated heterocycles. The maximum absolute atomic E-state index is 11.7. The number of nitrogens with one attached hydrogen (secondary N) is 1. The summed E-state index contributed by atoms with van der Waals surface area (Å²) in [5.41, 5.74) is 1.50. The van der Waals surface area contributed by atoms with Gasteiger partial charge in [0.1, 0.15) is 12.6 Å². The highest BCUT2D eigenvalue weighted by molar-refractivity contribution is 5.75. The summed E-state index contributed by atoms with van der Waals surface area (Å²) >= 11 is 0. The van der Waals surface area contributed by atoms with Crippen LogP contribution in [0.2, 0.25) is 0 Å². The Kier molecular flexibility index (Phi) is 4.74. The summed E-state index contributed by atoms with van der Waals surface area (Å²) in [5.74, 6) is -0.468. The number of rotatable bonds is 5. The molecular formula is C16H14N2O2. The number of carbonyl (C=O) groups is 1. The molecule has 0 fully saturated rings. The molecule has 2 rings (SSSR count). The average molecular weight is 266 g/mol. The first-order valence-corrected chi connectivity index (χ1v) is 6.22. The molecule has 0 aliphatic rings. The van der Waals surface area contributed by atoms with Crippen molar-refractivity contribution >= 4 is 11.7 Å². The lowest BCUT2D eigenvalue weighted by molar-refractivity contribution is -0.144. The van der Waals surface area contributed by atoms with E-state index < -0.39 is 12.1 Å². The Morgan fingerprint density at radius 2 is 1.70 bits per heavy atom. The number of carbonyl (C=O) groups excluding carboxylic acids is 1. The molecule has 2 aromatic carbocycles. The molecule has 0 saturated carbocycles. The van der Waals surface area contributed by atoms with Gasteiger partial charge in [-0.2, -0.15) is 5.26 Å². The minimum absolute atomic E-state index is 0.0228. The second kappa shape index (κ2) is 6.95. The maximum atomic E-state index is 11.7. The molecule has 0 heterocycles. The van der Waals surface area contributed by atoms with Crippen molar-refractivity contribution < 1.29 is 9.53 Å². The van der Waals surface area contributed by atoms with Crippen molar-refractivity contribution in [1.29, 1.82) is 5.26 Å². The van der Waals surface area contributed by atoms with Gasteiger partial charge in [0.25, 0.3) is 0 Å². The lowest BCUT2D eigenvalue weighted by Crippen LogP contribution is -2.19. The van der Waals surface area contributed by atoms with Gasteiger partial charge < -0.3 is 10.1 Å². The molecule has 0 radical (unpaired) electrons. The highest BCUT2D eigenvalue weighted by atomic mass is 16.5. The summed E-state index contributed by atoms with van der Waals surface area (Å²) < 4.78 is 5.14. The Morgan fingerprint density at radius 3 is 2.30 bits per heavy atom. The van der Waals surface area contributed by atoms with E-state index in [1.807, 2.05) is 42.5 Å². The van der Waals surface area contributed by atoms with Crippen molar-refractivity contribution in [2.45, 2.75) is 6.10 Å². The molecule has 4 heteroatoms. The normalized spacial score (nSPS) is 11.2. The molecule has 100 valence electrons. The van der Waals surface area contributed by atoms with Crippen molar-refractivity contribution in [3.63, 3.8) is 0 Å². The zero-order chi connectivity index (χ0) is 14.2. The monoisotopic (exact) mass is 266 g/mol. The summed E-state index contributed by atoms with van der Waals surface area (Å²) in [5, 5.41) is 12.0. The first-order valence-electron chi connectivity index (χ1n) is 6.22. The van der Waals surface area contributed by atoms with Gasteiger partial charge in [0.05, 0.1) is 0 Å². The Morgan fingerprint density at radius 1 is 1.10 bits per heavy atom. The van der Waals surface area contributed by atoms with Crippen LogP contribution in [0.4, 0.5) is 5.69 Å². The Labute approximate surface area is 117 Å². The molecule has 4 nitrogen and oxygen atoms in total. The molecule has 0 aliphatic heterocycles. The fraction of sp³-hybridized carbons (Fsp3) is 0.125. The van der Waals surface area contributed by atoms with Gasteiger partial charge in [0.15, 0.2) is 0 Å². The molecule has 0 amide bonds. The van der Waals surface area contributed by atoms with Gasteiger partial charge in [0, 0.05) is 11.3 Å². The van der Waals surface area contributed by atoms with E-state index in [-0.39, 0.29) is 6.54 Å². The van der Waals surface area contributed by atoms with E-state index in [2.05, 4.69) is 5.32 Å². The quantitative estimate of drug-likeness (QED) is 0.845. The van der Waals surface area contributed by atoms with Gasteiger partial charge in [-0.3, -0.25) is 4.79 Å². The molecule has 0 aliphatic carbocycles. The van der Waals surface area contributed by atoms with E-state index in [1.165, 1.54) is 0 Å². The van der Waals surface area contributed by atoms with Gasteiger partial charge >= 0.3 is 5.97 Å². The average Bonchev–Trinajstić information content (AvgIpc) is 2.52. The van der Waals surface area contributed by atoms with E-state index in [1.54, 1.807) is 24.3 Å². The molecule has 0 spiro atoms. The Balaban J connectivity index is 1.89. The summed E-state index contributed by atoms with van der Waals surface area (Å²) in [4.78, 5) is 11.7. The molecular weight excluding hydrogens is 252 g/mol. The second-order valence-electron chi connectivity index (χ2n) is 4.13. The lowest BCUT2D eigenvalue weighted by atomic mass is 10.1. The van der Waals surface area contributed by atoms with Crippen molar-refractivity contribution in [1.82, 2.24) is 0 Å². The standard InChI is InChI=1S/C16H14N2O2/c17-11-15(13-7-3-1-4-8-13)20-16(19)12-18-14-9-5-2-6-10-14/h1-10,15,18H,12H2. The number of nitrogens with zero attached hydrogens (tertiary/aromatic N) is 1. The smallest absolute Gasteiger partial charge is 0.326 e.